The summed E-state index contributed by atoms with van der Waals surface area (Å²) >= 11 is 0. The molecule has 0 radical (unpaired) electrons. The van der Waals surface area contributed by atoms with Gasteiger partial charge in [0.15, 0.2) is 11.5 Å². The van der Waals surface area contributed by atoms with Crippen LogP contribution >= 0.6 is 0 Å². The van der Waals surface area contributed by atoms with Crippen molar-refractivity contribution in [3.05, 3.63) is 81.4 Å². The van der Waals surface area contributed by atoms with Gasteiger partial charge < -0.3 is 9.84 Å². The number of phenolic OH excluding ortho intramolecular Hbond substituents is 1. The van der Waals surface area contributed by atoms with Crippen LogP contribution in [0.2, 0.25) is 0 Å². The molecule has 1 heterocycles. The van der Waals surface area contributed by atoms with Crippen LogP contribution in [0.3, 0.4) is 0 Å². The second-order valence-electron chi connectivity index (χ2n) is 8.80. The lowest BCUT2D eigenvalue weighted by Gasteiger charge is -2.23. The number of nitrogens with zero attached hydrogens (tertiary/aromatic N) is 2. The number of hydrogen-bond donors (Lipinski definition) is 1. The smallest absolute Gasteiger partial charge is 0.270 e. The molecule has 33 heavy (non-hydrogen) atoms. The van der Waals surface area contributed by atoms with Gasteiger partial charge in [-0.05, 0) is 46.9 Å². The molecule has 0 spiro atoms. The van der Waals surface area contributed by atoms with Gasteiger partial charge in [0, 0.05) is 17.7 Å². The summed E-state index contributed by atoms with van der Waals surface area (Å²) in [4.78, 5) is 37.1. The van der Waals surface area contributed by atoms with Crippen LogP contribution in [0.15, 0.2) is 54.6 Å². The molecule has 3 aromatic carbocycles. The maximum absolute atomic E-state index is 12.9. The van der Waals surface area contributed by atoms with E-state index in [0.717, 1.165) is 27.7 Å². The van der Waals surface area contributed by atoms with E-state index in [1.54, 1.807) is 30.3 Å². The number of methoxy groups -OCH3 is 1. The summed E-state index contributed by atoms with van der Waals surface area (Å²) in [6, 6.07) is 14.1. The highest BCUT2D eigenvalue weighted by Gasteiger charge is 2.37. The summed E-state index contributed by atoms with van der Waals surface area (Å²) in [7, 11) is 1.49. The topological polar surface area (TPSA) is 110 Å². The van der Waals surface area contributed by atoms with Crippen LogP contribution in [0.1, 0.15) is 47.1 Å². The van der Waals surface area contributed by atoms with Gasteiger partial charge in [0.05, 0.1) is 28.8 Å². The minimum atomic E-state index is -0.604. The van der Waals surface area contributed by atoms with Gasteiger partial charge >= 0.3 is 0 Å². The number of rotatable bonds is 4. The molecule has 0 fully saturated rings. The standard InChI is InChI=1S/C25H22N2O6/c1-25(2,3)20-11-15(12-21(33-4)22(20)28)14-5-7-16(8-6-14)26-23(29)18-10-9-17(27(31)32)13-19(18)24(26)30/h5-13,28H,1-4H3. The molecule has 4 rings (SSSR count). The molecular formula is C25H22N2O6. The number of nitro groups is 1. The van der Waals surface area contributed by atoms with Crippen LogP contribution < -0.4 is 9.64 Å². The number of ether oxygens (including phenoxy) is 1. The molecular weight excluding hydrogens is 424 g/mol. The van der Waals surface area contributed by atoms with E-state index in [1.807, 2.05) is 26.8 Å². The first-order valence-corrected chi connectivity index (χ1v) is 10.2. The highest BCUT2D eigenvalue weighted by atomic mass is 16.6. The number of aromatic hydroxyl groups is 1. The van der Waals surface area contributed by atoms with Crippen LogP contribution in [0.4, 0.5) is 11.4 Å². The van der Waals surface area contributed by atoms with Gasteiger partial charge in [-0.3, -0.25) is 19.7 Å². The van der Waals surface area contributed by atoms with Gasteiger partial charge in [-0.1, -0.05) is 32.9 Å². The van der Waals surface area contributed by atoms with Crippen molar-refractivity contribution in [3.63, 3.8) is 0 Å². The van der Waals surface area contributed by atoms with Crippen molar-refractivity contribution in [2.75, 3.05) is 12.0 Å². The molecule has 0 saturated carbocycles. The SMILES string of the molecule is COc1cc(-c2ccc(N3C(=O)c4ccc([N+](=O)[O-])cc4C3=O)cc2)cc(C(C)(C)C)c1O. The maximum Gasteiger partial charge on any atom is 0.270 e. The van der Waals surface area contributed by atoms with Crippen LogP contribution in [-0.2, 0) is 5.41 Å². The molecule has 1 aliphatic rings. The number of fused-ring (bicyclic) bond motifs is 1. The summed E-state index contributed by atoms with van der Waals surface area (Å²) in [5, 5.41) is 21.6. The molecule has 8 nitrogen and oxygen atoms in total. The predicted molar refractivity (Wildman–Crippen MR) is 123 cm³/mol. The zero-order valence-corrected chi connectivity index (χ0v) is 18.6. The largest absolute Gasteiger partial charge is 0.504 e. The van der Waals surface area contributed by atoms with Crippen LogP contribution in [0.25, 0.3) is 11.1 Å². The lowest BCUT2D eigenvalue weighted by atomic mass is 9.84. The van der Waals surface area contributed by atoms with Crippen LogP contribution in [-0.4, -0.2) is 29.0 Å². The van der Waals surface area contributed by atoms with Gasteiger partial charge in [0.1, 0.15) is 0 Å². The number of anilines is 1. The summed E-state index contributed by atoms with van der Waals surface area (Å²) in [6.07, 6.45) is 0. The molecule has 0 aromatic heterocycles. The Labute approximate surface area is 190 Å². The van der Waals surface area contributed by atoms with Crippen molar-refractivity contribution in [2.45, 2.75) is 26.2 Å². The predicted octanol–water partition coefficient (Wildman–Crippen LogP) is 5.07. The quantitative estimate of drug-likeness (QED) is 0.340. The summed E-state index contributed by atoms with van der Waals surface area (Å²) in [6.45, 7) is 5.96. The molecule has 1 aliphatic heterocycles. The van der Waals surface area contributed by atoms with Gasteiger partial charge in [0.2, 0.25) is 0 Å². The molecule has 0 unspecified atom stereocenters. The number of carbonyl (C=O) groups excluding carboxylic acids is 2. The van der Waals surface area contributed by atoms with E-state index in [1.165, 1.54) is 19.2 Å². The van der Waals surface area contributed by atoms with E-state index < -0.39 is 16.7 Å². The lowest BCUT2D eigenvalue weighted by molar-refractivity contribution is -0.384. The van der Waals surface area contributed by atoms with Gasteiger partial charge in [-0.25, -0.2) is 4.90 Å². The number of amides is 2. The Kier molecular flexibility index (Phi) is 5.16. The van der Waals surface area contributed by atoms with E-state index >= 15 is 0 Å². The first-order chi connectivity index (χ1) is 15.5. The van der Waals surface area contributed by atoms with Crippen molar-refractivity contribution in [2.24, 2.45) is 0 Å². The molecule has 3 aromatic rings. The third kappa shape index (κ3) is 3.69. The number of imide groups is 1. The minimum absolute atomic E-state index is 0.0105. The van der Waals surface area contributed by atoms with Gasteiger partial charge in [0.25, 0.3) is 17.5 Å². The Bertz CT molecular complexity index is 1310. The van der Waals surface area contributed by atoms with Crippen molar-refractivity contribution in [3.8, 4) is 22.6 Å². The number of non-ortho nitro benzene ring substituents is 1. The second kappa shape index (κ2) is 7.74. The van der Waals surface area contributed by atoms with Crippen molar-refractivity contribution in [1.82, 2.24) is 0 Å². The van der Waals surface area contributed by atoms with Crippen LogP contribution in [0, 0.1) is 10.1 Å². The van der Waals surface area contributed by atoms with Gasteiger partial charge in [-0.15, -0.1) is 0 Å². The average molecular weight is 446 g/mol. The zero-order chi connectivity index (χ0) is 24.1. The highest BCUT2D eigenvalue weighted by molar-refractivity contribution is 6.34. The van der Waals surface area contributed by atoms with Crippen molar-refractivity contribution < 1.29 is 24.4 Å². The van der Waals surface area contributed by atoms with Crippen molar-refractivity contribution >= 4 is 23.2 Å². The highest BCUT2D eigenvalue weighted by Crippen LogP contribution is 2.41. The Morgan fingerprint density at radius 3 is 2.12 bits per heavy atom. The fourth-order valence-electron chi connectivity index (χ4n) is 3.88. The molecule has 168 valence electrons. The third-order valence-corrected chi connectivity index (χ3v) is 5.64. The zero-order valence-electron chi connectivity index (χ0n) is 18.6. The first kappa shape index (κ1) is 22.0. The number of carbonyl (C=O) groups is 2. The Hall–Kier alpha value is -4.20. The normalized spacial score (nSPS) is 13.3. The number of phenols is 1. The van der Waals surface area contributed by atoms with E-state index in [2.05, 4.69) is 0 Å². The average Bonchev–Trinajstić information content (AvgIpc) is 3.03. The maximum atomic E-state index is 12.9. The Balaban J connectivity index is 1.71. The van der Waals surface area contributed by atoms with E-state index in [-0.39, 0.29) is 28.0 Å². The fraction of sp³-hybridized carbons (Fsp3) is 0.200. The van der Waals surface area contributed by atoms with E-state index in [9.17, 15) is 24.8 Å². The summed E-state index contributed by atoms with van der Waals surface area (Å²) in [5.41, 5.74) is 2.26. The summed E-state index contributed by atoms with van der Waals surface area (Å²) < 4.78 is 5.34. The number of nitro benzene ring substituents is 1. The van der Waals surface area contributed by atoms with Crippen LogP contribution in [0.5, 0.6) is 11.5 Å². The number of hydrogen-bond acceptors (Lipinski definition) is 6. The Morgan fingerprint density at radius 2 is 1.55 bits per heavy atom. The molecule has 2 amide bonds. The number of benzene rings is 3. The van der Waals surface area contributed by atoms with E-state index in [0.29, 0.717) is 11.4 Å². The molecule has 0 saturated heterocycles. The van der Waals surface area contributed by atoms with Crippen molar-refractivity contribution in [1.29, 1.82) is 0 Å². The fourth-order valence-corrected chi connectivity index (χ4v) is 3.88. The van der Waals surface area contributed by atoms with E-state index in [4.69, 9.17) is 4.74 Å². The first-order valence-electron chi connectivity index (χ1n) is 10.2. The Morgan fingerprint density at radius 1 is 0.909 bits per heavy atom. The molecule has 0 bridgehead atoms. The summed E-state index contributed by atoms with van der Waals surface area (Å²) in [5.74, 6) is -0.694. The van der Waals surface area contributed by atoms with Gasteiger partial charge in [-0.2, -0.15) is 0 Å². The molecule has 8 heteroatoms. The molecule has 1 N–H and O–H groups in total. The second-order valence-corrected chi connectivity index (χ2v) is 8.80. The minimum Gasteiger partial charge on any atom is -0.504 e. The molecule has 0 atom stereocenters. The third-order valence-electron chi connectivity index (χ3n) is 5.64. The monoisotopic (exact) mass is 446 g/mol. The molecule has 0 aliphatic carbocycles. The lowest BCUT2D eigenvalue weighted by Crippen LogP contribution is -2.29.